The number of carbonyl (C=O) groups excluding carboxylic acids is 1. The standard InChI is InChI=1S/C26H26F4N4O2/c27-24-15-20(6-9-23(24)26(28,29)30)32-25(36)34(13-12-33-11-10-22(35)16-33)21-7-4-17(5-8-21)18-2-1-3-19(31)14-18/h1-9,14-15,22,35H,10-13,16,31H2,(H,32,36)/t22-/m1/s1. The van der Waals surface area contributed by atoms with Crippen molar-refractivity contribution < 1.29 is 27.5 Å². The Morgan fingerprint density at radius 3 is 2.44 bits per heavy atom. The highest BCUT2D eigenvalue weighted by molar-refractivity contribution is 6.01. The van der Waals surface area contributed by atoms with Crippen molar-refractivity contribution in [1.29, 1.82) is 0 Å². The first-order valence-electron chi connectivity index (χ1n) is 11.4. The van der Waals surface area contributed by atoms with Gasteiger partial charge in [0.25, 0.3) is 0 Å². The van der Waals surface area contributed by atoms with Crippen LogP contribution in [0.1, 0.15) is 12.0 Å². The summed E-state index contributed by atoms with van der Waals surface area (Å²) in [5.41, 5.74) is 7.33. The molecule has 1 saturated heterocycles. The number of aliphatic hydroxyl groups is 1. The minimum Gasteiger partial charge on any atom is -0.399 e. The first kappa shape index (κ1) is 25.5. The molecule has 0 saturated carbocycles. The van der Waals surface area contributed by atoms with E-state index < -0.39 is 29.7 Å². The van der Waals surface area contributed by atoms with Gasteiger partial charge in [0.1, 0.15) is 5.82 Å². The van der Waals surface area contributed by atoms with E-state index >= 15 is 0 Å². The van der Waals surface area contributed by atoms with Crippen LogP contribution in [0.25, 0.3) is 11.1 Å². The molecule has 4 rings (SSSR count). The smallest absolute Gasteiger partial charge is 0.399 e. The van der Waals surface area contributed by atoms with Gasteiger partial charge in [0.15, 0.2) is 0 Å². The molecule has 3 aromatic rings. The van der Waals surface area contributed by atoms with Crippen LogP contribution in [-0.2, 0) is 6.18 Å². The molecule has 190 valence electrons. The summed E-state index contributed by atoms with van der Waals surface area (Å²) >= 11 is 0. The third-order valence-electron chi connectivity index (χ3n) is 6.06. The summed E-state index contributed by atoms with van der Waals surface area (Å²) in [5, 5.41) is 12.3. The van der Waals surface area contributed by atoms with Crippen molar-refractivity contribution in [1.82, 2.24) is 4.90 Å². The fourth-order valence-electron chi connectivity index (χ4n) is 4.17. The van der Waals surface area contributed by atoms with E-state index in [2.05, 4.69) is 5.32 Å². The van der Waals surface area contributed by atoms with Crippen molar-refractivity contribution >= 4 is 23.1 Å². The Kier molecular flexibility index (Phi) is 7.46. The second kappa shape index (κ2) is 10.5. The summed E-state index contributed by atoms with van der Waals surface area (Å²) in [6.45, 7) is 1.91. The Labute approximate surface area is 205 Å². The lowest BCUT2D eigenvalue weighted by molar-refractivity contribution is -0.139. The molecule has 4 N–H and O–H groups in total. The molecule has 10 heteroatoms. The van der Waals surface area contributed by atoms with Crippen LogP contribution >= 0.6 is 0 Å². The van der Waals surface area contributed by atoms with Gasteiger partial charge in [-0.25, -0.2) is 9.18 Å². The van der Waals surface area contributed by atoms with E-state index in [1.54, 1.807) is 18.2 Å². The maximum Gasteiger partial charge on any atom is 0.419 e. The number of nitrogen functional groups attached to an aromatic ring is 1. The van der Waals surface area contributed by atoms with Crippen LogP contribution in [0, 0.1) is 5.82 Å². The SMILES string of the molecule is Nc1cccc(-c2ccc(N(CCN3CC[C@@H](O)C3)C(=O)Nc3ccc(C(F)(F)F)c(F)c3)cc2)c1. The molecule has 0 spiro atoms. The molecule has 1 heterocycles. The quantitative estimate of drug-likeness (QED) is 0.320. The van der Waals surface area contributed by atoms with Gasteiger partial charge in [0.05, 0.1) is 11.7 Å². The molecule has 1 aliphatic rings. The normalized spacial score (nSPS) is 16.2. The van der Waals surface area contributed by atoms with E-state index in [4.69, 9.17) is 5.73 Å². The highest BCUT2D eigenvalue weighted by Gasteiger charge is 2.34. The number of nitrogens with two attached hydrogens (primary N) is 1. The highest BCUT2D eigenvalue weighted by Crippen LogP contribution is 2.32. The number of carbonyl (C=O) groups is 1. The van der Waals surface area contributed by atoms with Crippen LogP contribution in [0.15, 0.2) is 66.7 Å². The number of hydrogen-bond acceptors (Lipinski definition) is 4. The molecular formula is C26H26F4N4O2. The number of anilines is 3. The lowest BCUT2D eigenvalue weighted by atomic mass is 10.0. The zero-order valence-electron chi connectivity index (χ0n) is 19.3. The molecule has 1 aliphatic heterocycles. The minimum atomic E-state index is -4.83. The largest absolute Gasteiger partial charge is 0.419 e. The van der Waals surface area contributed by atoms with Crippen molar-refractivity contribution in [3.63, 3.8) is 0 Å². The number of nitrogens with zero attached hydrogens (tertiary/aromatic N) is 2. The molecule has 1 fully saturated rings. The Morgan fingerprint density at radius 1 is 1.08 bits per heavy atom. The van der Waals surface area contributed by atoms with Gasteiger partial charge in [-0.2, -0.15) is 13.2 Å². The summed E-state index contributed by atoms with van der Waals surface area (Å²) < 4.78 is 52.7. The average Bonchev–Trinajstić information content (AvgIpc) is 3.24. The number of halogens is 4. The predicted molar refractivity (Wildman–Crippen MR) is 131 cm³/mol. The Bertz CT molecular complexity index is 1220. The summed E-state index contributed by atoms with van der Waals surface area (Å²) in [6, 6.07) is 16.2. The number of urea groups is 1. The van der Waals surface area contributed by atoms with Gasteiger partial charge in [0, 0.05) is 43.2 Å². The molecule has 0 radical (unpaired) electrons. The van der Waals surface area contributed by atoms with Crippen LogP contribution < -0.4 is 16.0 Å². The summed E-state index contributed by atoms with van der Waals surface area (Å²) in [6.07, 6.45) is -4.60. The van der Waals surface area contributed by atoms with Gasteiger partial charge >= 0.3 is 12.2 Å². The van der Waals surface area contributed by atoms with E-state index in [-0.39, 0.29) is 12.2 Å². The summed E-state index contributed by atoms with van der Waals surface area (Å²) in [4.78, 5) is 16.6. The Hall–Kier alpha value is -3.63. The fourth-order valence-corrected chi connectivity index (χ4v) is 4.17. The van der Waals surface area contributed by atoms with Crippen LogP contribution in [-0.4, -0.2) is 48.3 Å². The highest BCUT2D eigenvalue weighted by atomic mass is 19.4. The lowest BCUT2D eigenvalue weighted by Crippen LogP contribution is -2.40. The maximum absolute atomic E-state index is 14.0. The molecule has 0 aliphatic carbocycles. The number of likely N-dealkylation sites (tertiary alicyclic amines) is 1. The van der Waals surface area contributed by atoms with Gasteiger partial charge in [-0.1, -0.05) is 24.3 Å². The zero-order valence-corrected chi connectivity index (χ0v) is 19.3. The molecule has 36 heavy (non-hydrogen) atoms. The van der Waals surface area contributed by atoms with Gasteiger partial charge in [-0.15, -0.1) is 0 Å². The molecule has 6 nitrogen and oxygen atoms in total. The fraction of sp³-hybridized carbons (Fsp3) is 0.269. The topological polar surface area (TPSA) is 81.8 Å². The third kappa shape index (κ3) is 6.13. The van der Waals surface area contributed by atoms with E-state index in [0.717, 1.165) is 17.2 Å². The predicted octanol–water partition coefficient (Wildman–Crippen LogP) is 5.20. The van der Waals surface area contributed by atoms with E-state index in [1.165, 1.54) is 4.90 Å². The van der Waals surface area contributed by atoms with Crippen molar-refractivity contribution in [3.05, 3.63) is 78.1 Å². The number of benzene rings is 3. The number of hydrogen-bond donors (Lipinski definition) is 3. The minimum absolute atomic E-state index is 0.0940. The summed E-state index contributed by atoms with van der Waals surface area (Å²) in [7, 11) is 0. The molecular weight excluding hydrogens is 476 g/mol. The van der Waals surface area contributed by atoms with Crippen molar-refractivity contribution in [2.75, 3.05) is 42.1 Å². The molecule has 0 bridgehead atoms. The second-order valence-electron chi connectivity index (χ2n) is 8.69. The van der Waals surface area contributed by atoms with Crippen LogP contribution in [0.2, 0.25) is 0 Å². The van der Waals surface area contributed by atoms with Gasteiger partial charge in [-0.3, -0.25) is 9.80 Å². The van der Waals surface area contributed by atoms with E-state index in [0.29, 0.717) is 49.6 Å². The molecule has 3 aromatic carbocycles. The number of aliphatic hydroxyl groups excluding tert-OH is 1. The average molecular weight is 503 g/mol. The van der Waals surface area contributed by atoms with Gasteiger partial charge in [0.2, 0.25) is 0 Å². The second-order valence-corrected chi connectivity index (χ2v) is 8.69. The van der Waals surface area contributed by atoms with E-state index in [9.17, 15) is 27.5 Å². The van der Waals surface area contributed by atoms with Crippen molar-refractivity contribution in [2.45, 2.75) is 18.7 Å². The summed E-state index contributed by atoms with van der Waals surface area (Å²) in [5.74, 6) is -1.47. The maximum atomic E-state index is 14.0. The number of amides is 2. The van der Waals surface area contributed by atoms with Crippen LogP contribution in [0.5, 0.6) is 0 Å². The monoisotopic (exact) mass is 502 g/mol. The number of rotatable bonds is 6. The van der Waals surface area contributed by atoms with Crippen LogP contribution in [0.3, 0.4) is 0 Å². The van der Waals surface area contributed by atoms with Gasteiger partial charge in [-0.05, 0) is 60.0 Å². The number of alkyl halides is 3. The first-order chi connectivity index (χ1) is 17.1. The van der Waals surface area contributed by atoms with Crippen LogP contribution in [0.4, 0.5) is 39.4 Å². The third-order valence-corrected chi connectivity index (χ3v) is 6.06. The molecule has 1 atom stereocenters. The molecule has 0 aromatic heterocycles. The Morgan fingerprint density at radius 2 is 1.83 bits per heavy atom. The van der Waals surface area contributed by atoms with Gasteiger partial charge < -0.3 is 16.2 Å². The van der Waals surface area contributed by atoms with Crippen molar-refractivity contribution in [3.8, 4) is 11.1 Å². The Balaban J connectivity index is 1.55. The number of β-amino-alcohol motifs (C(OH)–C–C–N with tert-alkyl or cyclic N) is 1. The van der Waals surface area contributed by atoms with E-state index in [1.807, 2.05) is 35.2 Å². The zero-order chi connectivity index (χ0) is 25.9. The molecule has 2 amide bonds. The first-order valence-corrected chi connectivity index (χ1v) is 11.4. The lowest BCUT2D eigenvalue weighted by Gasteiger charge is -2.26. The van der Waals surface area contributed by atoms with Crippen molar-refractivity contribution in [2.24, 2.45) is 0 Å². The number of nitrogens with one attached hydrogen (secondary N) is 1. The molecule has 0 unspecified atom stereocenters.